The van der Waals surface area contributed by atoms with E-state index in [0.29, 0.717) is 48.4 Å². The van der Waals surface area contributed by atoms with Crippen LogP contribution in [0.5, 0.6) is 5.75 Å². The summed E-state index contributed by atoms with van der Waals surface area (Å²) in [7, 11) is -3.01. The van der Waals surface area contributed by atoms with E-state index in [1.807, 2.05) is 37.3 Å². The van der Waals surface area contributed by atoms with Crippen molar-refractivity contribution in [1.82, 2.24) is 10.6 Å². The van der Waals surface area contributed by atoms with Gasteiger partial charge in [-0.25, -0.2) is 0 Å². The number of aliphatic hydroxyl groups is 1. The van der Waals surface area contributed by atoms with E-state index in [-0.39, 0.29) is 24.6 Å². The topological polar surface area (TPSA) is 126 Å². The van der Waals surface area contributed by atoms with Gasteiger partial charge in [-0.2, -0.15) is 0 Å². The summed E-state index contributed by atoms with van der Waals surface area (Å²) in [5, 5.41) is 20.4. The lowest BCUT2D eigenvalue weighted by Crippen LogP contribution is -2.48. The van der Waals surface area contributed by atoms with Crippen LogP contribution in [0.15, 0.2) is 72.8 Å². The molecule has 0 radical (unpaired) electrons. The lowest BCUT2D eigenvalue weighted by atomic mass is 10.00. The number of alkyl halides is 3. The van der Waals surface area contributed by atoms with E-state index < -0.39 is 35.2 Å². The smallest absolute Gasteiger partial charge is 0.406 e. The molecule has 240 valence electrons. The van der Waals surface area contributed by atoms with Gasteiger partial charge in [0.1, 0.15) is 5.75 Å². The lowest BCUT2D eigenvalue weighted by Gasteiger charge is -2.47. The minimum Gasteiger partial charge on any atom is -0.406 e. The van der Waals surface area contributed by atoms with Gasteiger partial charge in [0.2, 0.25) is 0 Å². The maximum atomic E-state index is 13.6. The molecule has 9 nitrogen and oxygen atoms in total. The van der Waals surface area contributed by atoms with Gasteiger partial charge in [-0.3, -0.25) is 18.2 Å². The van der Waals surface area contributed by atoms with Crippen molar-refractivity contribution in [2.75, 3.05) is 35.0 Å². The van der Waals surface area contributed by atoms with Gasteiger partial charge in [0, 0.05) is 37.4 Å². The van der Waals surface area contributed by atoms with E-state index >= 15 is 0 Å². The van der Waals surface area contributed by atoms with Crippen LogP contribution in [0, 0.1) is 0 Å². The third kappa shape index (κ3) is 9.76. The molecule has 3 aromatic rings. The lowest BCUT2D eigenvalue weighted by molar-refractivity contribution is -0.274. The summed E-state index contributed by atoms with van der Waals surface area (Å²) in [5.74, 6) is -0.522. The summed E-state index contributed by atoms with van der Waals surface area (Å²) in [4.78, 5) is 13.6. The molecule has 6 N–H and O–H groups in total. The number of hydrogen-bond donors (Lipinski definition) is 6. The Bertz CT molecular complexity index is 1380. The molecule has 44 heavy (non-hydrogen) atoms. The number of nitrogens with one attached hydrogen (secondary N) is 3. The molecular weight excluding hydrogens is 597 g/mol. The summed E-state index contributed by atoms with van der Waals surface area (Å²) in [6.07, 6.45) is -4.04. The van der Waals surface area contributed by atoms with Crippen molar-refractivity contribution >= 4 is 28.1 Å². The number of carbonyl (C=O) groups excluding carboxylic acids is 1. The Kier molecular flexibility index (Phi) is 11.4. The first-order valence-electron chi connectivity index (χ1n) is 14.4. The highest BCUT2D eigenvalue weighted by atomic mass is 32.3. The second-order valence-electron chi connectivity index (χ2n) is 10.6. The van der Waals surface area contributed by atoms with Crippen molar-refractivity contribution in [3.8, 4) is 5.75 Å². The zero-order valence-electron chi connectivity index (χ0n) is 24.4. The van der Waals surface area contributed by atoms with Gasteiger partial charge in [-0.1, -0.05) is 42.5 Å². The van der Waals surface area contributed by atoms with Crippen LogP contribution in [0.25, 0.3) is 0 Å². The summed E-state index contributed by atoms with van der Waals surface area (Å²) in [6, 6.07) is 19.3. The predicted octanol–water partition coefficient (Wildman–Crippen LogP) is 5.77. The van der Waals surface area contributed by atoms with Gasteiger partial charge < -0.3 is 25.8 Å². The number of aliphatic hydroxyl groups excluding tert-OH is 1. The van der Waals surface area contributed by atoms with Gasteiger partial charge >= 0.3 is 6.36 Å². The van der Waals surface area contributed by atoms with E-state index in [4.69, 9.17) is 0 Å². The Hall–Kier alpha value is -3.49. The van der Waals surface area contributed by atoms with Crippen LogP contribution in [-0.4, -0.2) is 64.0 Å². The quantitative estimate of drug-likeness (QED) is 0.140. The van der Waals surface area contributed by atoms with Crippen LogP contribution >= 0.6 is 10.8 Å². The summed E-state index contributed by atoms with van der Waals surface area (Å²) in [6.45, 7) is 3.16. The first-order chi connectivity index (χ1) is 20.9. The molecule has 4 rings (SSSR count). The standard InChI is InChI=1S/C31H39F3N4O5S/c1-2-36-25-17-24(18-26(19-25)38-13-6-7-14-44(38,41)42)30(40)37-28(16-22-9-4-3-5-10-22)29(39)21-35-20-23-11-8-12-27(15-23)43-31(32,33)34/h3-5,8-12,15,17-19,28-29,35-36,39,41-42H,2,6-7,13-14,16,20-21H2,1H3,(H,37,40)/t28-,29-/m0/s1. The molecule has 1 aliphatic rings. The maximum Gasteiger partial charge on any atom is 0.573 e. The number of halogens is 3. The monoisotopic (exact) mass is 636 g/mol. The Morgan fingerprint density at radius 2 is 1.77 bits per heavy atom. The molecule has 3 aromatic carbocycles. The van der Waals surface area contributed by atoms with Crippen molar-refractivity contribution in [2.45, 2.75) is 51.2 Å². The van der Waals surface area contributed by atoms with Crippen LogP contribution in [0.3, 0.4) is 0 Å². The summed E-state index contributed by atoms with van der Waals surface area (Å²) >= 11 is 0. The van der Waals surface area contributed by atoms with Gasteiger partial charge in [0.05, 0.1) is 23.6 Å². The second kappa shape index (κ2) is 15.0. The third-order valence-corrected chi connectivity index (χ3v) is 9.06. The molecule has 1 heterocycles. The number of benzene rings is 3. The molecular formula is C31H39F3N4O5S. The van der Waals surface area contributed by atoms with E-state index in [1.165, 1.54) is 18.2 Å². The normalized spacial score (nSPS) is 16.9. The van der Waals surface area contributed by atoms with Gasteiger partial charge in [0.15, 0.2) is 0 Å². The minimum absolute atomic E-state index is 0.0412. The fraction of sp³-hybridized carbons (Fsp3) is 0.387. The molecule has 0 saturated carbocycles. The zero-order chi connectivity index (χ0) is 31.7. The molecule has 1 fully saturated rings. The molecule has 0 unspecified atom stereocenters. The number of ether oxygens (including phenoxy) is 1. The van der Waals surface area contributed by atoms with Gasteiger partial charge in [-0.05, 0) is 67.6 Å². The summed E-state index contributed by atoms with van der Waals surface area (Å²) in [5.41, 5.74) is 2.87. The van der Waals surface area contributed by atoms with Crippen molar-refractivity contribution in [1.29, 1.82) is 0 Å². The number of hydrogen-bond acceptors (Lipinski definition) is 8. The van der Waals surface area contributed by atoms with E-state index in [9.17, 15) is 32.2 Å². The molecule has 13 heteroatoms. The molecule has 0 aliphatic carbocycles. The fourth-order valence-electron chi connectivity index (χ4n) is 5.06. The van der Waals surface area contributed by atoms with Crippen LogP contribution in [0.1, 0.15) is 41.3 Å². The second-order valence-corrected chi connectivity index (χ2v) is 12.7. The number of amides is 1. The first-order valence-corrected chi connectivity index (χ1v) is 16.1. The van der Waals surface area contributed by atoms with E-state index in [2.05, 4.69) is 20.7 Å². The molecule has 0 aromatic heterocycles. The maximum absolute atomic E-state index is 13.6. The average molecular weight is 637 g/mol. The third-order valence-electron chi connectivity index (χ3n) is 7.13. The highest BCUT2D eigenvalue weighted by Gasteiger charge is 2.31. The number of rotatable bonds is 13. The number of anilines is 2. The first kappa shape index (κ1) is 33.4. The van der Waals surface area contributed by atoms with E-state index in [1.54, 1.807) is 28.6 Å². The molecule has 2 atom stereocenters. The summed E-state index contributed by atoms with van der Waals surface area (Å²) < 4.78 is 64.7. The Labute approximate surface area is 256 Å². The molecule has 1 saturated heterocycles. The highest BCUT2D eigenvalue weighted by Crippen LogP contribution is 2.50. The Morgan fingerprint density at radius 1 is 1.02 bits per heavy atom. The SMILES string of the molecule is CCNc1cc(C(=O)N[C@@H](Cc2ccccc2)[C@@H](O)CNCc2cccc(OC(F)(F)F)c2)cc(N2CCCCS2(O)O)c1. The average Bonchev–Trinajstić information content (AvgIpc) is 2.96. The van der Waals surface area contributed by atoms with Crippen molar-refractivity contribution in [3.63, 3.8) is 0 Å². The fourth-order valence-corrected chi connectivity index (χ4v) is 6.74. The van der Waals surface area contributed by atoms with Crippen LogP contribution in [-0.2, 0) is 13.0 Å². The Morgan fingerprint density at radius 3 is 2.48 bits per heavy atom. The van der Waals surface area contributed by atoms with Crippen molar-refractivity contribution in [3.05, 3.63) is 89.5 Å². The van der Waals surface area contributed by atoms with Crippen molar-refractivity contribution in [2.24, 2.45) is 0 Å². The van der Waals surface area contributed by atoms with E-state index in [0.717, 1.165) is 12.0 Å². The van der Waals surface area contributed by atoms with Gasteiger partial charge in [-0.15, -0.1) is 23.9 Å². The minimum atomic E-state index is -4.80. The number of carbonyl (C=O) groups is 1. The zero-order valence-corrected chi connectivity index (χ0v) is 25.2. The highest BCUT2D eigenvalue weighted by molar-refractivity contribution is 8.25. The predicted molar refractivity (Wildman–Crippen MR) is 167 cm³/mol. The largest absolute Gasteiger partial charge is 0.573 e. The van der Waals surface area contributed by atoms with Gasteiger partial charge in [0.25, 0.3) is 5.91 Å². The molecule has 1 aliphatic heterocycles. The van der Waals surface area contributed by atoms with Crippen LogP contribution in [0.4, 0.5) is 24.5 Å². The van der Waals surface area contributed by atoms with Crippen LogP contribution < -0.4 is 25.0 Å². The molecule has 0 spiro atoms. The number of nitrogens with zero attached hydrogens (tertiary/aromatic N) is 1. The molecule has 1 amide bonds. The van der Waals surface area contributed by atoms with Crippen molar-refractivity contribution < 1.29 is 36.9 Å². The molecule has 0 bridgehead atoms. The Balaban J connectivity index is 1.50. The van der Waals surface area contributed by atoms with Crippen LogP contribution in [0.2, 0.25) is 0 Å².